The van der Waals surface area contributed by atoms with E-state index in [1.807, 2.05) is 0 Å². The van der Waals surface area contributed by atoms with Crippen molar-refractivity contribution in [2.75, 3.05) is 0 Å². The monoisotopic (exact) mass is 212 g/mol. The van der Waals surface area contributed by atoms with E-state index >= 15 is 0 Å². The average molecular weight is 212 g/mol. The molecule has 1 aromatic carbocycles. The van der Waals surface area contributed by atoms with Gasteiger partial charge in [-0.15, -0.1) is 0 Å². The highest BCUT2D eigenvalue weighted by Gasteiger charge is 2.08. The Morgan fingerprint density at radius 3 is 1.67 bits per heavy atom. The van der Waals surface area contributed by atoms with Gasteiger partial charge in [0.25, 0.3) is 0 Å². The lowest BCUT2D eigenvalue weighted by Crippen LogP contribution is -2.07. The van der Waals surface area contributed by atoms with E-state index < -0.39 is 11.9 Å². The first-order valence-corrected chi connectivity index (χ1v) is 4.10. The third-order valence-electron chi connectivity index (χ3n) is 1.80. The van der Waals surface area contributed by atoms with Crippen molar-refractivity contribution in [1.82, 2.24) is 0 Å². The normalized spacial score (nSPS) is 9.53. The van der Waals surface area contributed by atoms with Crippen LogP contribution in [-0.4, -0.2) is 22.2 Å². The summed E-state index contributed by atoms with van der Waals surface area (Å²) < 4.78 is 5.75. The second kappa shape index (κ2) is 5.80. The zero-order valence-corrected chi connectivity index (χ0v) is 8.43. The Kier molecular flexibility index (Phi) is 4.34. The van der Waals surface area contributed by atoms with Crippen LogP contribution in [0.2, 0.25) is 0 Å². The molecule has 2 N–H and O–H groups in total. The summed E-state index contributed by atoms with van der Waals surface area (Å²) in [6.07, 6.45) is -0.271. The van der Waals surface area contributed by atoms with Crippen LogP contribution in [0, 0.1) is 0 Å². The molecule has 4 heteroatoms. The Hall–Kier alpha value is -1.84. The SMILES string of the molecule is O=C(O)Cc1ccccc1CC(=O)O.[3H]C. The predicted molar refractivity (Wildman–Crippen MR) is 55.9 cm³/mol. The topological polar surface area (TPSA) is 74.6 Å². The third kappa shape index (κ3) is 4.26. The summed E-state index contributed by atoms with van der Waals surface area (Å²) in [5.41, 5.74) is 1.12. The van der Waals surface area contributed by atoms with Gasteiger partial charge >= 0.3 is 11.9 Å². The molecule has 0 radical (unpaired) electrons. The van der Waals surface area contributed by atoms with E-state index in [1.54, 1.807) is 24.3 Å². The lowest BCUT2D eigenvalue weighted by atomic mass is 10.0. The van der Waals surface area contributed by atoms with Gasteiger partial charge in [0.2, 0.25) is 0 Å². The minimum atomic E-state index is -0.956. The van der Waals surface area contributed by atoms with Crippen molar-refractivity contribution in [3.05, 3.63) is 35.4 Å². The van der Waals surface area contributed by atoms with Crippen LogP contribution in [0.1, 0.15) is 19.9 Å². The van der Waals surface area contributed by atoms with Gasteiger partial charge in [-0.3, -0.25) is 9.59 Å². The van der Waals surface area contributed by atoms with Gasteiger partial charge in [-0.05, 0) is 11.1 Å². The molecule has 0 spiro atoms. The van der Waals surface area contributed by atoms with Gasteiger partial charge in [0.15, 0.2) is 0 Å². The number of hydrogen-bond acceptors (Lipinski definition) is 2. The summed E-state index contributed by atoms with van der Waals surface area (Å²) in [4.78, 5) is 20.9. The molecular weight excluding hydrogens is 196 g/mol. The Labute approximate surface area is 89.6 Å². The van der Waals surface area contributed by atoms with Gasteiger partial charge in [-0.25, -0.2) is 0 Å². The molecule has 82 valence electrons. The Morgan fingerprint density at radius 1 is 1.07 bits per heavy atom. The van der Waals surface area contributed by atoms with Crippen LogP contribution in [0.4, 0.5) is 0 Å². The standard InChI is InChI=1S/C10H10O4.CH4/c11-9(12)5-7-3-1-2-4-8(7)6-10(13)14;/h1-4H,5-6H2,(H,11,12)(H,13,14);1H4/i;1T. The maximum atomic E-state index is 10.5. The minimum absolute atomic E-state index is 0.135. The average Bonchev–Trinajstić information content (AvgIpc) is 2.22. The first-order valence-electron chi connectivity index (χ1n) is 5.10. The number of hydrogen-bond donors (Lipinski definition) is 2. The van der Waals surface area contributed by atoms with E-state index in [1.165, 1.54) is 7.40 Å². The van der Waals surface area contributed by atoms with Gasteiger partial charge in [0, 0.05) is 1.37 Å². The van der Waals surface area contributed by atoms with Crippen LogP contribution in [0.5, 0.6) is 0 Å². The summed E-state index contributed by atoms with van der Waals surface area (Å²) >= 11 is 0. The molecule has 0 bridgehead atoms. The maximum Gasteiger partial charge on any atom is 0.307 e. The van der Waals surface area contributed by atoms with E-state index in [9.17, 15) is 9.59 Å². The van der Waals surface area contributed by atoms with Crippen molar-refractivity contribution >= 4 is 11.9 Å². The van der Waals surface area contributed by atoms with Crippen LogP contribution < -0.4 is 0 Å². The minimum Gasteiger partial charge on any atom is -0.481 e. The Morgan fingerprint density at radius 2 is 1.40 bits per heavy atom. The molecular formula is C11H14O4. The second-order valence-corrected chi connectivity index (χ2v) is 2.91. The molecule has 0 aromatic heterocycles. The number of aliphatic carboxylic acids is 2. The van der Waals surface area contributed by atoms with Gasteiger partial charge in [0.05, 0.1) is 12.8 Å². The number of carboxylic acids is 2. The fraction of sp³-hybridized carbons (Fsp3) is 0.273. The van der Waals surface area contributed by atoms with Crippen molar-refractivity contribution in [3.63, 3.8) is 0 Å². The van der Waals surface area contributed by atoms with Gasteiger partial charge < -0.3 is 10.2 Å². The molecule has 0 atom stereocenters. The highest BCUT2D eigenvalue weighted by Crippen LogP contribution is 2.10. The van der Waals surface area contributed by atoms with Crippen LogP contribution >= 0.6 is 0 Å². The van der Waals surface area contributed by atoms with Crippen molar-refractivity contribution in [1.29, 1.82) is 0 Å². The molecule has 0 fully saturated rings. The smallest absolute Gasteiger partial charge is 0.307 e. The second-order valence-electron chi connectivity index (χ2n) is 2.91. The summed E-state index contributed by atoms with van der Waals surface area (Å²) in [6.45, 7) is 0. The first kappa shape index (κ1) is 11.2. The van der Waals surface area contributed by atoms with Crippen LogP contribution in [0.15, 0.2) is 24.3 Å². The maximum absolute atomic E-state index is 10.5. The fourth-order valence-electron chi connectivity index (χ4n) is 1.23. The lowest BCUT2D eigenvalue weighted by Gasteiger charge is -2.04. The number of carbonyl (C=O) groups is 2. The zero-order valence-electron chi connectivity index (χ0n) is 9.43. The fourth-order valence-corrected chi connectivity index (χ4v) is 1.23. The third-order valence-corrected chi connectivity index (χ3v) is 1.80. The Balaban J connectivity index is 0.00000106. The van der Waals surface area contributed by atoms with Gasteiger partial charge in [-0.2, -0.15) is 0 Å². The molecule has 0 aliphatic rings. The number of carboxylic acid groups (broad SMARTS) is 2. The molecule has 0 aliphatic heterocycles. The quantitative estimate of drug-likeness (QED) is 0.794. The molecule has 0 saturated carbocycles. The van der Waals surface area contributed by atoms with Crippen molar-refractivity contribution in [2.24, 2.45) is 0 Å². The first-order chi connectivity index (χ1) is 7.59. The summed E-state index contributed by atoms with van der Waals surface area (Å²) in [5, 5.41) is 17.2. The van der Waals surface area contributed by atoms with Crippen LogP contribution in [0.25, 0.3) is 0 Å². The van der Waals surface area contributed by atoms with Crippen molar-refractivity contribution < 1.29 is 21.2 Å². The highest BCUT2D eigenvalue weighted by atomic mass is 16.4. The number of benzene rings is 1. The van der Waals surface area contributed by atoms with E-state index in [4.69, 9.17) is 11.6 Å². The van der Waals surface area contributed by atoms with Crippen LogP contribution in [-0.2, 0) is 22.4 Å². The Bertz CT molecular complexity index is 328. The highest BCUT2D eigenvalue weighted by molar-refractivity contribution is 5.74. The molecule has 15 heavy (non-hydrogen) atoms. The molecule has 0 unspecified atom stereocenters. The van der Waals surface area contributed by atoms with Gasteiger partial charge in [-0.1, -0.05) is 31.7 Å². The molecule has 0 aliphatic carbocycles. The van der Waals surface area contributed by atoms with E-state index in [0.717, 1.165) is 0 Å². The summed E-state index contributed by atoms with van der Waals surface area (Å²) in [5.74, 6) is -1.91. The van der Waals surface area contributed by atoms with Crippen LogP contribution in [0.3, 0.4) is 0 Å². The molecule has 0 saturated heterocycles. The van der Waals surface area contributed by atoms with Crippen molar-refractivity contribution in [2.45, 2.75) is 20.2 Å². The van der Waals surface area contributed by atoms with E-state index in [0.29, 0.717) is 11.1 Å². The number of rotatable bonds is 4. The molecule has 0 amide bonds. The zero-order chi connectivity index (χ0) is 12.6. The van der Waals surface area contributed by atoms with E-state index in [-0.39, 0.29) is 12.8 Å². The summed E-state index contributed by atoms with van der Waals surface area (Å²) in [6, 6.07) is 6.66. The molecule has 1 aromatic rings. The molecule has 1 rings (SSSR count). The predicted octanol–water partition coefficient (Wildman–Crippen LogP) is 1.58. The van der Waals surface area contributed by atoms with Crippen molar-refractivity contribution in [3.8, 4) is 0 Å². The van der Waals surface area contributed by atoms with Gasteiger partial charge in [0.1, 0.15) is 0 Å². The molecule has 0 heterocycles. The van der Waals surface area contributed by atoms with E-state index in [2.05, 4.69) is 0 Å². The molecule has 4 nitrogen and oxygen atoms in total. The lowest BCUT2D eigenvalue weighted by molar-refractivity contribution is -0.137. The largest absolute Gasteiger partial charge is 0.481 e. The summed E-state index contributed by atoms with van der Waals surface area (Å²) in [7, 11) is 1.25.